The number of nitrogens with zero attached hydrogens (tertiary/aromatic N) is 1. The molecule has 0 bridgehead atoms. The number of likely N-dealkylation sites (tertiary alicyclic amines) is 1. The molecule has 0 saturated carbocycles. The fourth-order valence-corrected chi connectivity index (χ4v) is 2.51. The van der Waals surface area contributed by atoms with Gasteiger partial charge in [-0.05, 0) is 46.2 Å². The summed E-state index contributed by atoms with van der Waals surface area (Å²) < 4.78 is 0. The van der Waals surface area contributed by atoms with E-state index in [0.29, 0.717) is 19.1 Å². The van der Waals surface area contributed by atoms with E-state index in [2.05, 4.69) is 10.2 Å². The van der Waals surface area contributed by atoms with Gasteiger partial charge >= 0.3 is 0 Å². The van der Waals surface area contributed by atoms with E-state index in [9.17, 15) is 4.79 Å². The van der Waals surface area contributed by atoms with E-state index < -0.39 is 0 Å². The van der Waals surface area contributed by atoms with Gasteiger partial charge in [-0.1, -0.05) is 6.42 Å². The molecule has 1 aliphatic rings. The normalized spacial score (nSPS) is 24.1. The quantitative estimate of drug-likeness (QED) is 0.727. The van der Waals surface area contributed by atoms with Crippen LogP contribution in [0, 0.1) is 0 Å². The molecule has 0 aromatic rings. The van der Waals surface area contributed by atoms with E-state index in [4.69, 9.17) is 5.73 Å². The highest BCUT2D eigenvalue weighted by Gasteiger charge is 2.29. The van der Waals surface area contributed by atoms with Crippen LogP contribution in [0.5, 0.6) is 0 Å². The van der Waals surface area contributed by atoms with Crippen LogP contribution in [-0.2, 0) is 4.79 Å². The molecule has 4 heteroatoms. The van der Waals surface area contributed by atoms with Crippen LogP contribution >= 0.6 is 0 Å². The Labute approximate surface area is 98.6 Å². The molecule has 94 valence electrons. The zero-order valence-electron chi connectivity index (χ0n) is 10.5. The number of hydrogen-bond donors (Lipinski definition) is 2. The van der Waals surface area contributed by atoms with Crippen molar-refractivity contribution in [2.45, 2.75) is 51.6 Å². The Balaban J connectivity index is 2.55. The molecule has 0 spiro atoms. The molecule has 1 rings (SSSR count). The van der Waals surface area contributed by atoms with Gasteiger partial charge < -0.3 is 11.1 Å². The van der Waals surface area contributed by atoms with Crippen molar-refractivity contribution in [1.82, 2.24) is 10.2 Å². The van der Waals surface area contributed by atoms with Gasteiger partial charge in [0, 0.05) is 12.6 Å². The van der Waals surface area contributed by atoms with Gasteiger partial charge in [-0.3, -0.25) is 9.69 Å². The molecule has 16 heavy (non-hydrogen) atoms. The average Bonchev–Trinajstić information content (AvgIpc) is 2.29. The van der Waals surface area contributed by atoms with Crippen molar-refractivity contribution in [3.63, 3.8) is 0 Å². The zero-order valence-corrected chi connectivity index (χ0v) is 10.5. The molecule has 1 fully saturated rings. The zero-order chi connectivity index (χ0) is 12.0. The second-order valence-electron chi connectivity index (χ2n) is 4.54. The third-order valence-corrected chi connectivity index (χ3v) is 3.40. The van der Waals surface area contributed by atoms with E-state index in [-0.39, 0.29) is 11.9 Å². The Bertz CT molecular complexity index is 218. The summed E-state index contributed by atoms with van der Waals surface area (Å²) in [5.74, 6) is 0.145. The SMILES string of the molecule is CCNC(=O)C(C)N1CCCCC1CCN. The molecular formula is C12H25N3O. The summed E-state index contributed by atoms with van der Waals surface area (Å²) in [6.45, 7) is 6.41. The first-order valence-electron chi connectivity index (χ1n) is 6.44. The van der Waals surface area contributed by atoms with Crippen LogP contribution in [0.4, 0.5) is 0 Å². The van der Waals surface area contributed by atoms with Crippen LogP contribution in [0.2, 0.25) is 0 Å². The molecular weight excluding hydrogens is 202 g/mol. The number of nitrogens with two attached hydrogens (primary N) is 1. The van der Waals surface area contributed by atoms with Gasteiger partial charge in [-0.15, -0.1) is 0 Å². The molecule has 1 amide bonds. The lowest BCUT2D eigenvalue weighted by Crippen LogP contribution is -2.52. The number of likely N-dealkylation sites (N-methyl/N-ethyl adjacent to an activating group) is 1. The smallest absolute Gasteiger partial charge is 0.237 e. The van der Waals surface area contributed by atoms with Crippen LogP contribution in [0.25, 0.3) is 0 Å². The lowest BCUT2D eigenvalue weighted by molar-refractivity contribution is -0.127. The fourth-order valence-electron chi connectivity index (χ4n) is 2.51. The molecule has 1 saturated heterocycles. The third kappa shape index (κ3) is 3.46. The Kier molecular flexibility index (Phi) is 5.77. The van der Waals surface area contributed by atoms with E-state index in [1.54, 1.807) is 0 Å². The molecule has 2 atom stereocenters. The highest BCUT2D eigenvalue weighted by molar-refractivity contribution is 5.81. The highest BCUT2D eigenvalue weighted by atomic mass is 16.2. The monoisotopic (exact) mass is 227 g/mol. The topological polar surface area (TPSA) is 58.4 Å². The van der Waals surface area contributed by atoms with Crippen molar-refractivity contribution < 1.29 is 4.79 Å². The second-order valence-corrected chi connectivity index (χ2v) is 4.54. The van der Waals surface area contributed by atoms with E-state index in [1.165, 1.54) is 19.3 Å². The van der Waals surface area contributed by atoms with Crippen LogP contribution in [0.1, 0.15) is 39.5 Å². The van der Waals surface area contributed by atoms with Crippen molar-refractivity contribution in [3.8, 4) is 0 Å². The summed E-state index contributed by atoms with van der Waals surface area (Å²) >= 11 is 0. The van der Waals surface area contributed by atoms with Gasteiger partial charge in [0.05, 0.1) is 6.04 Å². The maximum absolute atomic E-state index is 11.8. The maximum Gasteiger partial charge on any atom is 0.237 e. The van der Waals surface area contributed by atoms with Crippen molar-refractivity contribution in [2.24, 2.45) is 5.73 Å². The number of carbonyl (C=O) groups is 1. The summed E-state index contributed by atoms with van der Waals surface area (Å²) in [5.41, 5.74) is 5.63. The van der Waals surface area contributed by atoms with Crippen molar-refractivity contribution >= 4 is 5.91 Å². The molecule has 4 nitrogen and oxygen atoms in total. The number of nitrogens with one attached hydrogen (secondary N) is 1. The minimum atomic E-state index is -0.0169. The Hall–Kier alpha value is -0.610. The first kappa shape index (κ1) is 13.5. The first-order valence-corrected chi connectivity index (χ1v) is 6.44. The second kappa shape index (κ2) is 6.86. The lowest BCUT2D eigenvalue weighted by atomic mass is 9.97. The summed E-state index contributed by atoms with van der Waals surface area (Å²) in [7, 11) is 0. The van der Waals surface area contributed by atoms with E-state index in [1.807, 2.05) is 13.8 Å². The molecule has 0 aromatic carbocycles. The standard InChI is InChI=1S/C12H25N3O/c1-3-14-12(16)10(2)15-9-5-4-6-11(15)7-8-13/h10-11H,3-9,13H2,1-2H3,(H,14,16). The Morgan fingerprint density at radius 2 is 2.31 bits per heavy atom. The minimum absolute atomic E-state index is 0.0169. The number of hydrogen-bond acceptors (Lipinski definition) is 3. The molecule has 3 N–H and O–H groups in total. The predicted octanol–water partition coefficient (Wildman–Crippen LogP) is 0.714. The molecule has 0 aliphatic carbocycles. The van der Waals surface area contributed by atoms with Crippen LogP contribution < -0.4 is 11.1 Å². The van der Waals surface area contributed by atoms with Crippen LogP contribution in [0.15, 0.2) is 0 Å². The number of carbonyl (C=O) groups excluding carboxylic acids is 1. The first-order chi connectivity index (χ1) is 7.70. The third-order valence-electron chi connectivity index (χ3n) is 3.40. The molecule has 0 aromatic heterocycles. The highest BCUT2D eigenvalue weighted by Crippen LogP contribution is 2.21. The molecule has 0 radical (unpaired) electrons. The summed E-state index contributed by atoms with van der Waals surface area (Å²) in [4.78, 5) is 14.1. The van der Waals surface area contributed by atoms with Crippen LogP contribution in [0.3, 0.4) is 0 Å². The van der Waals surface area contributed by atoms with E-state index >= 15 is 0 Å². The van der Waals surface area contributed by atoms with Gasteiger partial charge in [-0.25, -0.2) is 0 Å². The number of piperidine rings is 1. The summed E-state index contributed by atoms with van der Waals surface area (Å²) in [6.07, 6.45) is 4.65. The maximum atomic E-state index is 11.8. The van der Waals surface area contributed by atoms with E-state index in [0.717, 1.165) is 13.0 Å². The minimum Gasteiger partial charge on any atom is -0.355 e. The Morgan fingerprint density at radius 1 is 1.56 bits per heavy atom. The molecule has 1 heterocycles. The van der Waals surface area contributed by atoms with Gasteiger partial charge in [0.1, 0.15) is 0 Å². The summed E-state index contributed by atoms with van der Waals surface area (Å²) in [5, 5.41) is 2.89. The van der Waals surface area contributed by atoms with Crippen molar-refractivity contribution in [1.29, 1.82) is 0 Å². The van der Waals surface area contributed by atoms with Gasteiger partial charge in [0.2, 0.25) is 5.91 Å². The lowest BCUT2D eigenvalue weighted by Gasteiger charge is -2.39. The van der Waals surface area contributed by atoms with Crippen molar-refractivity contribution in [3.05, 3.63) is 0 Å². The van der Waals surface area contributed by atoms with Crippen LogP contribution in [-0.4, -0.2) is 42.5 Å². The Morgan fingerprint density at radius 3 is 2.94 bits per heavy atom. The van der Waals surface area contributed by atoms with Gasteiger partial charge in [0.15, 0.2) is 0 Å². The molecule has 2 unspecified atom stereocenters. The van der Waals surface area contributed by atoms with Crippen molar-refractivity contribution in [2.75, 3.05) is 19.6 Å². The average molecular weight is 227 g/mol. The van der Waals surface area contributed by atoms with Gasteiger partial charge in [-0.2, -0.15) is 0 Å². The number of amides is 1. The summed E-state index contributed by atoms with van der Waals surface area (Å²) in [6, 6.07) is 0.480. The predicted molar refractivity (Wildman–Crippen MR) is 66.2 cm³/mol. The number of rotatable bonds is 5. The fraction of sp³-hybridized carbons (Fsp3) is 0.917. The van der Waals surface area contributed by atoms with Gasteiger partial charge in [0.25, 0.3) is 0 Å². The molecule has 1 aliphatic heterocycles. The largest absolute Gasteiger partial charge is 0.355 e.